The monoisotopic (exact) mass is 272 g/mol. The maximum atomic E-state index is 12.4. The maximum absolute atomic E-state index is 12.4. The Labute approximate surface area is 118 Å². The van der Waals surface area contributed by atoms with E-state index in [0.717, 1.165) is 36.0 Å². The molecule has 0 amide bonds. The number of hydrogen-bond acceptors (Lipinski definition) is 4. The van der Waals surface area contributed by atoms with Gasteiger partial charge in [0.25, 0.3) is 5.56 Å². The largest absolute Gasteiger partial charge is 0.354 e. The molecular weight excluding hydrogens is 252 g/mol. The number of anilines is 1. The van der Waals surface area contributed by atoms with Gasteiger partial charge in [0.05, 0.1) is 0 Å². The summed E-state index contributed by atoms with van der Waals surface area (Å²) in [5, 5.41) is 4.09. The highest BCUT2D eigenvalue weighted by atomic mass is 16.1. The zero-order valence-electron chi connectivity index (χ0n) is 12.0. The molecule has 0 spiro atoms. The Balaban J connectivity index is 2.24. The van der Waals surface area contributed by atoms with Gasteiger partial charge in [-0.3, -0.25) is 9.36 Å². The van der Waals surface area contributed by atoms with Crippen LogP contribution in [0.25, 0.3) is 11.0 Å². The molecule has 0 saturated heterocycles. The maximum Gasteiger partial charge on any atom is 0.252 e. The third-order valence-electron chi connectivity index (χ3n) is 4.02. The summed E-state index contributed by atoms with van der Waals surface area (Å²) in [5.74, 6) is 0.594. The molecule has 2 aromatic rings. The number of rotatable bonds is 3. The van der Waals surface area contributed by atoms with Gasteiger partial charge in [-0.25, -0.2) is 4.98 Å². The van der Waals surface area contributed by atoms with E-state index in [9.17, 15) is 4.79 Å². The van der Waals surface area contributed by atoms with Gasteiger partial charge in [-0.1, -0.05) is 12.8 Å². The molecule has 1 aliphatic carbocycles. The average Bonchev–Trinajstić information content (AvgIpc) is 2.92. The van der Waals surface area contributed by atoms with Crippen molar-refractivity contribution in [3.8, 4) is 0 Å². The number of nitrogens with one attached hydrogen (secondary N) is 1. The molecule has 0 unspecified atom stereocenters. The topological polar surface area (TPSA) is 59.8 Å². The Morgan fingerprint density at radius 1 is 1.40 bits per heavy atom. The summed E-state index contributed by atoms with van der Waals surface area (Å²) in [6.07, 6.45) is 6.34. The second-order valence-corrected chi connectivity index (χ2v) is 5.44. The molecule has 2 aromatic heterocycles. The molecule has 1 saturated carbocycles. The predicted octanol–water partition coefficient (Wildman–Crippen LogP) is 2.65. The van der Waals surface area contributed by atoms with Crippen molar-refractivity contribution in [1.29, 1.82) is 0 Å². The molecule has 0 bridgehead atoms. The van der Waals surface area contributed by atoms with E-state index in [1.165, 1.54) is 12.8 Å². The summed E-state index contributed by atoms with van der Waals surface area (Å²) >= 11 is 0. The molecule has 5 heteroatoms. The van der Waals surface area contributed by atoms with Crippen LogP contribution in [-0.2, 0) is 0 Å². The van der Waals surface area contributed by atoms with Crippen LogP contribution in [0.15, 0.2) is 17.1 Å². The molecule has 1 N–H and O–H groups in total. The SMILES string of the molecule is CCNc1ncc2c(C)cc(=O)n(C3CCCC3)c2n1. The van der Waals surface area contributed by atoms with Crippen molar-refractivity contribution in [3.05, 3.63) is 28.2 Å². The first-order chi connectivity index (χ1) is 9.70. The van der Waals surface area contributed by atoms with Crippen molar-refractivity contribution < 1.29 is 0 Å². The van der Waals surface area contributed by atoms with E-state index in [2.05, 4.69) is 15.3 Å². The molecule has 0 aromatic carbocycles. The smallest absolute Gasteiger partial charge is 0.252 e. The van der Waals surface area contributed by atoms with Crippen molar-refractivity contribution in [1.82, 2.24) is 14.5 Å². The van der Waals surface area contributed by atoms with Crippen LogP contribution in [0.4, 0.5) is 5.95 Å². The van der Waals surface area contributed by atoms with Crippen molar-refractivity contribution >= 4 is 17.0 Å². The first kappa shape index (κ1) is 13.1. The molecule has 0 aliphatic heterocycles. The molecule has 20 heavy (non-hydrogen) atoms. The highest BCUT2D eigenvalue weighted by Crippen LogP contribution is 2.30. The fraction of sp³-hybridized carbons (Fsp3) is 0.533. The Morgan fingerprint density at radius 3 is 2.85 bits per heavy atom. The normalized spacial score (nSPS) is 15.9. The Kier molecular flexibility index (Phi) is 3.42. The van der Waals surface area contributed by atoms with Crippen molar-refractivity contribution in [3.63, 3.8) is 0 Å². The second-order valence-electron chi connectivity index (χ2n) is 5.44. The van der Waals surface area contributed by atoms with Gasteiger partial charge in [0.1, 0.15) is 5.65 Å². The van der Waals surface area contributed by atoms with Crippen LogP contribution in [0.5, 0.6) is 0 Å². The summed E-state index contributed by atoms with van der Waals surface area (Å²) in [6.45, 7) is 4.72. The van der Waals surface area contributed by atoms with Crippen LogP contribution in [0.2, 0.25) is 0 Å². The lowest BCUT2D eigenvalue weighted by Gasteiger charge is -2.17. The Hall–Kier alpha value is -1.91. The van der Waals surface area contributed by atoms with E-state index in [4.69, 9.17) is 0 Å². The Morgan fingerprint density at radius 2 is 2.15 bits per heavy atom. The molecule has 106 valence electrons. The first-order valence-electron chi connectivity index (χ1n) is 7.33. The van der Waals surface area contributed by atoms with Gasteiger partial charge >= 0.3 is 0 Å². The van der Waals surface area contributed by atoms with E-state index in [-0.39, 0.29) is 11.6 Å². The molecule has 3 rings (SSSR count). The number of pyridine rings is 1. The molecule has 0 atom stereocenters. The van der Waals surface area contributed by atoms with Crippen LogP contribution in [0, 0.1) is 6.92 Å². The molecule has 5 nitrogen and oxygen atoms in total. The minimum atomic E-state index is 0.0584. The Bertz CT molecular complexity index is 686. The fourth-order valence-corrected chi connectivity index (χ4v) is 3.03. The quantitative estimate of drug-likeness (QED) is 0.933. The van der Waals surface area contributed by atoms with E-state index in [1.807, 2.05) is 24.6 Å². The van der Waals surface area contributed by atoms with Gasteiger partial charge < -0.3 is 5.32 Å². The van der Waals surface area contributed by atoms with Crippen molar-refractivity contribution in [2.45, 2.75) is 45.6 Å². The zero-order valence-corrected chi connectivity index (χ0v) is 12.0. The van der Waals surface area contributed by atoms with Gasteiger partial charge in [-0.15, -0.1) is 0 Å². The van der Waals surface area contributed by atoms with Gasteiger partial charge in [0.2, 0.25) is 5.95 Å². The standard InChI is InChI=1S/C15H20N4O/c1-3-16-15-17-9-12-10(2)8-13(20)19(14(12)18-15)11-6-4-5-7-11/h8-9,11H,3-7H2,1-2H3,(H,16,17,18). The van der Waals surface area contributed by atoms with E-state index >= 15 is 0 Å². The molecule has 1 aliphatic rings. The summed E-state index contributed by atoms with van der Waals surface area (Å²) in [7, 11) is 0. The highest BCUT2D eigenvalue weighted by molar-refractivity contribution is 5.79. The molecule has 0 radical (unpaired) electrons. The van der Waals surface area contributed by atoms with Crippen LogP contribution in [0.1, 0.15) is 44.2 Å². The van der Waals surface area contributed by atoms with E-state index in [0.29, 0.717) is 5.95 Å². The number of aryl methyl sites for hydroxylation is 1. The highest BCUT2D eigenvalue weighted by Gasteiger charge is 2.21. The summed E-state index contributed by atoms with van der Waals surface area (Å²) in [5.41, 5.74) is 1.78. The van der Waals surface area contributed by atoms with E-state index in [1.54, 1.807) is 6.07 Å². The summed E-state index contributed by atoms with van der Waals surface area (Å²) in [4.78, 5) is 21.3. The molecular formula is C15H20N4O. The number of fused-ring (bicyclic) bond motifs is 1. The minimum Gasteiger partial charge on any atom is -0.354 e. The summed E-state index contributed by atoms with van der Waals surface area (Å²) in [6, 6.07) is 1.99. The minimum absolute atomic E-state index is 0.0584. The lowest BCUT2D eigenvalue weighted by molar-refractivity contribution is 0.515. The van der Waals surface area contributed by atoms with Crippen LogP contribution < -0.4 is 10.9 Å². The number of nitrogens with zero attached hydrogens (tertiary/aromatic N) is 3. The van der Waals surface area contributed by atoms with Gasteiger partial charge in [0, 0.05) is 30.2 Å². The number of hydrogen-bond donors (Lipinski definition) is 1. The van der Waals surface area contributed by atoms with Crippen LogP contribution >= 0.6 is 0 Å². The third-order valence-corrected chi connectivity index (χ3v) is 4.02. The van der Waals surface area contributed by atoms with Crippen LogP contribution in [-0.4, -0.2) is 21.1 Å². The van der Waals surface area contributed by atoms with Crippen LogP contribution in [0.3, 0.4) is 0 Å². The van der Waals surface area contributed by atoms with Gasteiger partial charge in [0.15, 0.2) is 0 Å². The van der Waals surface area contributed by atoms with Crippen molar-refractivity contribution in [2.24, 2.45) is 0 Å². The average molecular weight is 272 g/mol. The van der Waals surface area contributed by atoms with Gasteiger partial charge in [-0.2, -0.15) is 4.98 Å². The predicted molar refractivity (Wildman–Crippen MR) is 80.2 cm³/mol. The number of aromatic nitrogens is 3. The second kappa shape index (κ2) is 5.23. The van der Waals surface area contributed by atoms with Gasteiger partial charge in [-0.05, 0) is 32.3 Å². The van der Waals surface area contributed by atoms with E-state index < -0.39 is 0 Å². The first-order valence-corrected chi connectivity index (χ1v) is 7.33. The van der Waals surface area contributed by atoms with Crippen molar-refractivity contribution in [2.75, 3.05) is 11.9 Å². The lowest BCUT2D eigenvalue weighted by atomic mass is 10.1. The zero-order chi connectivity index (χ0) is 14.1. The lowest BCUT2D eigenvalue weighted by Crippen LogP contribution is -2.24. The molecule has 1 fully saturated rings. The molecule has 2 heterocycles. The third kappa shape index (κ3) is 2.17. The fourth-order valence-electron chi connectivity index (χ4n) is 3.03. The summed E-state index contributed by atoms with van der Waals surface area (Å²) < 4.78 is 1.87.